The highest BCUT2D eigenvalue weighted by Gasteiger charge is 2.19. The number of hydrogen-bond acceptors (Lipinski definition) is 2. The van der Waals surface area contributed by atoms with Gasteiger partial charge in [0.15, 0.2) is 0 Å². The van der Waals surface area contributed by atoms with E-state index in [1.807, 2.05) is 0 Å². The highest BCUT2D eigenvalue weighted by atomic mass is 32.1. The normalized spacial score (nSPS) is 16.8. The molecule has 1 saturated carbocycles. The zero-order valence-electron chi connectivity index (χ0n) is 11.4. The molecular weight excluding hydrogens is 259 g/mol. The Morgan fingerprint density at radius 3 is 2.68 bits per heavy atom. The Hall–Kier alpha value is -1.00. The first-order valence-electron chi connectivity index (χ1n) is 6.86. The van der Waals surface area contributed by atoms with E-state index in [4.69, 9.17) is 18.0 Å². The second kappa shape index (κ2) is 6.44. The standard InChI is InChI=1S/C15H21FN2S/c1-18(13-5-3-2-4-6-13)10-11-9-12(16)7-8-14(11)15(17)19/h7-9,13H,2-6,10H2,1H3,(H2,17,19). The molecule has 104 valence electrons. The lowest BCUT2D eigenvalue weighted by molar-refractivity contribution is 0.184. The Morgan fingerprint density at radius 1 is 1.37 bits per heavy atom. The van der Waals surface area contributed by atoms with E-state index in [0.717, 1.165) is 11.1 Å². The molecule has 2 N–H and O–H groups in total. The largest absolute Gasteiger partial charge is 0.389 e. The van der Waals surface area contributed by atoms with Crippen LogP contribution in [0.5, 0.6) is 0 Å². The minimum absolute atomic E-state index is 0.230. The average molecular weight is 280 g/mol. The summed E-state index contributed by atoms with van der Waals surface area (Å²) in [4.78, 5) is 2.64. The lowest BCUT2D eigenvalue weighted by atomic mass is 9.94. The van der Waals surface area contributed by atoms with Crippen LogP contribution in [-0.2, 0) is 6.54 Å². The van der Waals surface area contributed by atoms with E-state index in [1.165, 1.54) is 38.2 Å². The maximum Gasteiger partial charge on any atom is 0.123 e. The topological polar surface area (TPSA) is 29.3 Å². The van der Waals surface area contributed by atoms with Crippen molar-refractivity contribution in [2.75, 3.05) is 7.05 Å². The van der Waals surface area contributed by atoms with Crippen molar-refractivity contribution in [3.63, 3.8) is 0 Å². The summed E-state index contributed by atoms with van der Waals surface area (Å²) in [6.07, 6.45) is 6.38. The lowest BCUT2D eigenvalue weighted by Crippen LogP contribution is -2.33. The van der Waals surface area contributed by atoms with E-state index in [1.54, 1.807) is 12.1 Å². The Labute approximate surface area is 119 Å². The minimum atomic E-state index is -0.230. The summed E-state index contributed by atoms with van der Waals surface area (Å²) in [5.74, 6) is -0.230. The molecule has 1 aromatic carbocycles. The van der Waals surface area contributed by atoms with Crippen LogP contribution >= 0.6 is 12.2 Å². The van der Waals surface area contributed by atoms with Gasteiger partial charge in [-0.05, 0) is 43.7 Å². The molecule has 2 nitrogen and oxygen atoms in total. The predicted molar refractivity (Wildman–Crippen MR) is 80.6 cm³/mol. The third-order valence-electron chi connectivity index (χ3n) is 3.95. The van der Waals surface area contributed by atoms with E-state index in [-0.39, 0.29) is 5.82 Å². The minimum Gasteiger partial charge on any atom is -0.389 e. The van der Waals surface area contributed by atoms with Crippen LogP contribution < -0.4 is 5.73 Å². The summed E-state index contributed by atoms with van der Waals surface area (Å²) in [6, 6.07) is 5.24. The number of thiocarbonyl (C=S) groups is 1. The van der Waals surface area contributed by atoms with Crippen molar-refractivity contribution in [2.45, 2.75) is 44.7 Å². The third kappa shape index (κ3) is 3.74. The summed E-state index contributed by atoms with van der Waals surface area (Å²) in [6.45, 7) is 0.703. The molecule has 0 heterocycles. The summed E-state index contributed by atoms with van der Waals surface area (Å²) >= 11 is 5.04. The van der Waals surface area contributed by atoms with Gasteiger partial charge in [0, 0.05) is 18.2 Å². The highest BCUT2D eigenvalue weighted by Crippen LogP contribution is 2.23. The molecule has 1 aromatic rings. The monoisotopic (exact) mass is 280 g/mol. The van der Waals surface area contributed by atoms with Crippen LogP contribution in [0.3, 0.4) is 0 Å². The van der Waals surface area contributed by atoms with Crippen molar-refractivity contribution in [1.29, 1.82) is 0 Å². The lowest BCUT2D eigenvalue weighted by Gasteiger charge is -2.31. The third-order valence-corrected chi connectivity index (χ3v) is 4.17. The average Bonchev–Trinajstić information content (AvgIpc) is 2.39. The molecule has 0 amide bonds. The number of nitrogens with two attached hydrogens (primary N) is 1. The fraction of sp³-hybridized carbons (Fsp3) is 0.533. The molecule has 0 spiro atoms. The predicted octanol–water partition coefficient (Wildman–Crippen LogP) is 3.22. The second-order valence-electron chi connectivity index (χ2n) is 5.37. The maximum absolute atomic E-state index is 13.4. The first kappa shape index (κ1) is 14.4. The molecule has 4 heteroatoms. The van der Waals surface area contributed by atoms with Gasteiger partial charge in [0.25, 0.3) is 0 Å². The molecule has 0 saturated heterocycles. The van der Waals surface area contributed by atoms with Crippen LogP contribution in [0.1, 0.15) is 43.2 Å². The summed E-state index contributed by atoms with van der Waals surface area (Å²) < 4.78 is 13.4. The molecule has 0 aromatic heterocycles. The van der Waals surface area contributed by atoms with E-state index in [9.17, 15) is 4.39 Å². The first-order valence-corrected chi connectivity index (χ1v) is 7.27. The fourth-order valence-electron chi connectivity index (χ4n) is 2.85. The van der Waals surface area contributed by atoms with E-state index < -0.39 is 0 Å². The molecule has 0 unspecified atom stereocenters. The van der Waals surface area contributed by atoms with Gasteiger partial charge in [-0.1, -0.05) is 31.5 Å². The number of halogens is 1. The fourth-order valence-corrected chi connectivity index (χ4v) is 3.05. The number of rotatable bonds is 4. The second-order valence-corrected chi connectivity index (χ2v) is 5.81. The molecule has 1 aliphatic carbocycles. The van der Waals surface area contributed by atoms with Gasteiger partial charge >= 0.3 is 0 Å². The van der Waals surface area contributed by atoms with Gasteiger partial charge in [-0.3, -0.25) is 4.90 Å². The van der Waals surface area contributed by atoms with E-state index >= 15 is 0 Å². The quantitative estimate of drug-likeness (QED) is 0.859. The maximum atomic E-state index is 13.4. The van der Waals surface area contributed by atoms with Crippen molar-refractivity contribution in [3.8, 4) is 0 Å². The van der Waals surface area contributed by atoms with E-state index in [0.29, 0.717) is 17.6 Å². The van der Waals surface area contributed by atoms with Crippen LogP contribution in [0, 0.1) is 5.82 Å². The Morgan fingerprint density at radius 2 is 2.05 bits per heavy atom. The van der Waals surface area contributed by atoms with Gasteiger partial charge in [0.2, 0.25) is 0 Å². The SMILES string of the molecule is CN(Cc1cc(F)ccc1C(N)=S)C1CCCCC1. The van der Waals surface area contributed by atoms with Crippen molar-refractivity contribution in [2.24, 2.45) is 5.73 Å². The molecule has 0 atom stereocenters. The first-order chi connectivity index (χ1) is 9.08. The van der Waals surface area contributed by atoms with Gasteiger partial charge in [0.05, 0.1) is 0 Å². The summed E-state index contributed by atoms with van der Waals surface area (Å²) in [5, 5.41) is 0. The zero-order chi connectivity index (χ0) is 13.8. The van der Waals surface area contributed by atoms with Gasteiger partial charge in [-0.25, -0.2) is 4.39 Å². The van der Waals surface area contributed by atoms with Crippen LogP contribution in [0.4, 0.5) is 4.39 Å². The number of nitrogens with zero attached hydrogens (tertiary/aromatic N) is 1. The van der Waals surface area contributed by atoms with Crippen LogP contribution in [0.25, 0.3) is 0 Å². The van der Waals surface area contributed by atoms with Gasteiger partial charge in [0.1, 0.15) is 10.8 Å². The van der Waals surface area contributed by atoms with Gasteiger partial charge in [-0.15, -0.1) is 0 Å². The molecule has 0 radical (unpaired) electrons. The summed E-state index contributed by atoms with van der Waals surface area (Å²) in [7, 11) is 2.10. The molecule has 19 heavy (non-hydrogen) atoms. The van der Waals surface area contributed by atoms with E-state index in [2.05, 4.69) is 11.9 Å². The van der Waals surface area contributed by atoms with Crippen LogP contribution in [0.2, 0.25) is 0 Å². The van der Waals surface area contributed by atoms with Crippen molar-refractivity contribution >= 4 is 17.2 Å². The molecule has 0 bridgehead atoms. The van der Waals surface area contributed by atoms with Gasteiger partial charge < -0.3 is 5.73 Å². The molecule has 2 rings (SSSR count). The summed E-state index contributed by atoms with van der Waals surface area (Å²) in [5.41, 5.74) is 7.39. The highest BCUT2D eigenvalue weighted by molar-refractivity contribution is 7.80. The smallest absolute Gasteiger partial charge is 0.123 e. The molecule has 0 aliphatic heterocycles. The Kier molecular flexibility index (Phi) is 4.88. The number of hydrogen-bond donors (Lipinski definition) is 1. The molecule has 1 fully saturated rings. The van der Waals surface area contributed by atoms with Crippen LogP contribution in [-0.4, -0.2) is 23.0 Å². The van der Waals surface area contributed by atoms with Crippen molar-refractivity contribution in [3.05, 3.63) is 35.1 Å². The molecular formula is C15H21FN2S. The zero-order valence-corrected chi connectivity index (χ0v) is 12.2. The Bertz CT molecular complexity index is 455. The van der Waals surface area contributed by atoms with Crippen molar-refractivity contribution < 1.29 is 4.39 Å². The Balaban J connectivity index is 2.12. The van der Waals surface area contributed by atoms with Crippen molar-refractivity contribution in [1.82, 2.24) is 4.90 Å². The van der Waals surface area contributed by atoms with Gasteiger partial charge in [-0.2, -0.15) is 0 Å². The number of benzene rings is 1. The molecule has 1 aliphatic rings. The van der Waals surface area contributed by atoms with Crippen LogP contribution in [0.15, 0.2) is 18.2 Å².